The van der Waals surface area contributed by atoms with Crippen LogP contribution in [0.5, 0.6) is 0 Å². The molecule has 0 aromatic carbocycles. The Morgan fingerprint density at radius 1 is 1.45 bits per heavy atom. The predicted molar refractivity (Wildman–Crippen MR) is 42.7 cm³/mol. The third-order valence-electron chi connectivity index (χ3n) is 2.07. The molecule has 0 saturated carbocycles. The zero-order chi connectivity index (χ0) is 9.07. The molecule has 2 atom stereocenters. The fourth-order valence-corrected chi connectivity index (χ4v) is 1.94. The van der Waals surface area contributed by atoms with Gasteiger partial charge in [0.15, 0.2) is 0 Å². The summed E-state index contributed by atoms with van der Waals surface area (Å²) in [4.78, 5) is 0. The fraction of sp³-hybridized carbons (Fsp3) is 0.857. The zero-order valence-electron chi connectivity index (χ0n) is 7.06. The van der Waals surface area contributed by atoms with Crippen molar-refractivity contribution in [3.63, 3.8) is 0 Å². The van der Waals surface area contributed by atoms with E-state index in [0.29, 0.717) is 0 Å². The molecular formula is C7H13F2NSi. The Labute approximate surface area is 67.4 Å². The summed E-state index contributed by atoms with van der Waals surface area (Å²) < 4.78 is 25.4. The van der Waals surface area contributed by atoms with Crippen molar-refractivity contribution < 1.29 is 8.22 Å². The molecule has 11 heavy (non-hydrogen) atoms. The number of rotatable bonds is 3. The van der Waals surface area contributed by atoms with Crippen molar-refractivity contribution in [1.82, 2.24) is 0 Å². The first-order chi connectivity index (χ1) is 4.89. The second-order valence-corrected chi connectivity index (χ2v) is 5.91. The second kappa shape index (κ2) is 3.81. The van der Waals surface area contributed by atoms with Gasteiger partial charge in [0.2, 0.25) is 0 Å². The van der Waals surface area contributed by atoms with Crippen LogP contribution in [0.25, 0.3) is 0 Å². The highest BCUT2D eigenvalue weighted by Gasteiger charge is 2.38. The van der Waals surface area contributed by atoms with Crippen molar-refractivity contribution in [2.45, 2.75) is 32.4 Å². The molecule has 0 radical (unpaired) electrons. The van der Waals surface area contributed by atoms with Gasteiger partial charge >= 0.3 is 8.74 Å². The van der Waals surface area contributed by atoms with E-state index in [1.165, 1.54) is 6.92 Å². The van der Waals surface area contributed by atoms with Crippen LogP contribution >= 0.6 is 0 Å². The van der Waals surface area contributed by atoms with Crippen molar-refractivity contribution in [1.29, 1.82) is 5.26 Å². The first-order valence-electron chi connectivity index (χ1n) is 3.64. The van der Waals surface area contributed by atoms with Crippen molar-refractivity contribution in [2.24, 2.45) is 5.92 Å². The first-order valence-corrected chi connectivity index (χ1v) is 5.97. The molecule has 0 aliphatic rings. The molecular weight excluding hydrogens is 164 g/mol. The maximum absolute atomic E-state index is 12.7. The smallest absolute Gasteiger partial charge is 0.270 e. The summed E-state index contributed by atoms with van der Waals surface area (Å²) in [5.41, 5.74) is -0.581. The third-order valence-corrected chi connectivity index (χ3v) is 4.23. The number of halogens is 2. The van der Waals surface area contributed by atoms with Gasteiger partial charge in [0.05, 0.1) is 6.07 Å². The molecule has 0 bridgehead atoms. The number of nitriles is 1. The Kier molecular flexibility index (Phi) is 3.66. The molecule has 0 aromatic rings. The minimum absolute atomic E-state index is 0.174. The Morgan fingerprint density at radius 2 is 1.91 bits per heavy atom. The van der Waals surface area contributed by atoms with Gasteiger partial charge in [-0.25, -0.2) is 0 Å². The SMILES string of the molecule is CC(CC#N)C(C)[Si](C)(F)F. The van der Waals surface area contributed by atoms with Gasteiger partial charge in [-0.2, -0.15) is 5.26 Å². The summed E-state index contributed by atoms with van der Waals surface area (Å²) in [6.07, 6.45) is 0.234. The van der Waals surface area contributed by atoms with Gasteiger partial charge in [-0.05, 0) is 12.5 Å². The number of hydrogen-bond donors (Lipinski definition) is 0. The maximum atomic E-state index is 12.7. The normalized spacial score (nSPS) is 17.1. The van der Waals surface area contributed by atoms with Gasteiger partial charge in [0, 0.05) is 12.0 Å². The monoisotopic (exact) mass is 177 g/mol. The van der Waals surface area contributed by atoms with Crippen LogP contribution in [0.4, 0.5) is 8.22 Å². The van der Waals surface area contributed by atoms with Crippen LogP contribution in [0.3, 0.4) is 0 Å². The minimum atomic E-state index is -4.01. The van der Waals surface area contributed by atoms with Gasteiger partial charge in [-0.1, -0.05) is 13.8 Å². The molecule has 0 aromatic heterocycles. The van der Waals surface area contributed by atoms with E-state index in [4.69, 9.17) is 5.26 Å². The lowest BCUT2D eigenvalue weighted by Gasteiger charge is -2.20. The molecule has 0 fully saturated rings. The molecule has 0 rings (SSSR count). The van der Waals surface area contributed by atoms with Crippen LogP contribution in [-0.2, 0) is 0 Å². The van der Waals surface area contributed by atoms with Crippen LogP contribution < -0.4 is 0 Å². The van der Waals surface area contributed by atoms with Gasteiger partial charge in [0.25, 0.3) is 0 Å². The van der Waals surface area contributed by atoms with Gasteiger partial charge in [-0.3, -0.25) is 8.22 Å². The Hall–Kier alpha value is -0.433. The maximum Gasteiger partial charge on any atom is 0.425 e. The topological polar surface area (TPSA) is 23.8 Å². The summed E-state index contributed by atoms with van der Waals surface area (Å²) >= 11 is 0. The van der Waals surface area contributed by atoms with E-state index in [2.05, 4.69) is 0 Å². The van der Waals surface area contributed by atoms with Crippen LogP contribution in [0.1, 0.15) is 20.3 Å². The molecule has 1 nitrogen and oxygen atoms in total. The largest absolute Gasteiger partial charge is 0.425 e. The highest BCUT2D eigenvalue weighted by atomic mass is 28.4. The van der Waals surface area contributed by atoms with Crippen LogP contribution in [0.2, 0.25) is 12.1 Å². The van der Waals surface area contributed by atoms with Crippen LogP contribution in [0, 0.1) is 17.2 Å². The summed E-state index contributed by atoms with van der Waals surface area (Å²) in [6.45, 7) is 4.28. The van der Waals surface area contributed by atoms with Crippen molar-refractivity contribution in [3.8, 4) is 6.07 Å². The van der Waals surface area contributed by atoms with Crippen molar-refractivity contribution in [2.75, 3.05) is 0 Å². The van der Waals surface area contributed by atoms with Crippen molar-refractivity contribution in [3.05, 3.63) is 0 Å². The first kappa shape index (κ1) is 10.6. The van der Waals surface area contributed by atoms with Gasteiger partial charge in [0.1, 0.15) is 0 Å². The van der Waals surface area contributed by atoms with E-state index < -0.39 is 14.3 Å². The quantitative estimate of drug-likeness (QED) is 0.480. The molecule has 0 N–H and O–H groups in total. The molecule has 0 aliphatic carbocycles. The fourth-order valence-electron chi connectivity index (χ4n) is 0.820. The second-order valence-electron chi connectivity index (χ2n) is 3.08. The van der Waals surface area contributed by atoms with E-state index in [1.807, 2.05) is 6.07 Å². The molecule has 0 spiro atoms. The Morgan fingerprint density at radius 3 is 2.18 bits per heavy atom. The van der Waals surface area contributed by atoms with Crippen LogP contribution in [0.15, 0.2) is 0 Å². The molecule has 0 heterocycles. The molecule has 4 heteroatoms. The standard InChI is InChI=1S/C7H13F2NSi/c1-6(4-5-10)7(2)11(3,8)9/h6-7H,4H2,1-3H3. The summed E-state index contributed by atoms with van der Waals surface area (Å²) in [6, 6.07) is 1.91. The summed E-state index contributed by atoms with van der Waals surface area (Å²) in [5.74, 6) is -0.174. The number of nitrogens with zero attached hydrogens (tertiary/aromatic N) is 1. The summed E-state index contributed by atoms with van der Waals surface area (Å²) in [5, 5.41) is 8.27. The van der Waals surface area contributed by atoms with Crippen LogP contribution in [-0.4, -0.2) is 8.74 Å². The summed E-state index contributed by atoms with van der Waals surface area (Å²) in [7, 11) is -4.01. The molecule has 0 aliphatic heterocycles. The Bertz CT molecular complexity index is 159. The van der Waals surface area contributed by atoms with E-state index in [0.717, 1.165) is 6.55 Å². The van der Waals surface area contributed by atoms with E-state index in [9.17, 15) is 8.22 Å². The predicted octanol–water partition coefficient (Wildman–Crippen LogP) is 2.94. The van der Waals surface area contributed by atoms with E-state index in [1.54, 1.807) is 6.92 Å². The molecule has 0 saturated heterocycles. The minimum Gasteiger partial charge on any atom is -0.270 e. The van der Waals surface area contributed by atoms with Gasteiger partial charge in [-0.15, -0.1) is 0 Å². The van der Waals surface area contributed by atoms with E-state index in [-0.39, 0.29) is 12.3 Å². The number of hydrogen-bond acceptors (Lipinski definition) is 1. The average molecular weight is 177 g/mol. The average Bonchev–Trinajstić information content (AvgIpc) is 1.85. The molecule has 2 unspecified atom stereocenters. The zero-order valence-corrected chi connectivity index (χ0v) is 8.06. The van der Waals surface area contributed by atoms with Gasteiger partial charge < -0.3 is 0 Å². The highest BCUT2D eigenvalue weighted by Crippen LogP contribution is 2.32. The van der Waals surface area contributed by atoms with Crippen molar-refractivity contribution >= 4 is 8.74 Å². The molecule has 64 valence electrons. The lowest BCUT2D eigenvalue weighted by Crippen LogP contribution is -2.27. The lowest BCUT2D eigenvalue weighted by atomic mass is 10.1. The van der Waals surface area contributed by atoms with E-state index >= 15 is 0 Å². The third kappa shape index (κ3) is 3.47. The Balaban J connectivity index is 4.04. The molecule has 0 amide bonds. The lowest BCUT2D eigenvalue weighted by molar-refractivity contribution is 0.475. The highest BCUT2D eigenvalue weighted by molar-refractivity contribution is 6.66.